The number of pyridine rings is 1. The van der Waals surface area contributed by atoms with E-state index in [1.807, 2.05) is 31.0 Å². The molecule has 0 fully saturated rings. The van der Waals surface area contributed by atoms with E-state index in [0.717, 1.165) is 5.56 Å². The van der Waals surface area contributed by atoms with Gasteiger partial charge in [-0.25, -0.2) is 4.39 Å². The fourth-order valence-corrected chi connectivity index (χ4v) is 2.16. The smallest absolute Gasteiger partial charge is 0.250 e. The first-order chi connectivity index (χ1) is 9.49. The van der Waals surface area contributed by atoms with E-state index in [0.29, 0.717) is 12.1 Å². The summed E-state index contributed by atoms with van der Waals surface area (Å²) in [6.45, 7) is 2.56. The lowest BCUT2D eigenvalue weighted by atomic mass is 10.1. The number of aryl methyl sites for hydroxylation is 1. The molecule has 0 N–H and O–H groups in total. The first kappa shape index (κ1) is 14.5. The van der Waals surface area contributed by atoms with Crippen LogP contribution in [0.1, 0.15) is 24.1 Å². The van der Waals surface area contributed by atoms with Crippen LogP contribution >= 0.6 is 0 Å². The predicted molar refractivity (Wildman–Crippen MR) is 78.0 cm³/mol. The average molecular weight is 274 g/mol. The van der Waals surface area contributed by atoms with Gasteiger partial charge >= 0.3 is 0 Å². The summed E-state index contributed by atoms with van der Waals surface area (Å²) in [4.78, 5) is 13.6. The van der Waals surface area contributed by atoms with Crippen molar-refractivity contribution in [3.05, 3.63) is 69.9 Å². The summed E-state index contributed by atoms with van der Waals surface area (Å²) >= 11 is 0. The van der Waals surface area contributed by atoms with E-state index in [9.17, 15) is 9.18 Å². The molecule has 0 bridgehead atoms. The minimum atomic E-state index is -0.198. The highest BCUT2D eigenvalue weighted by molar-refractivity contribution is 5.21. The molecule has 2 rings (SSSR count). The normalized spacial score (nSPS) is 12.7. The molecule has 0 unspecified atom stereocenters. The van der Waals surface area contributed by atoms with Crippen molar-refractivity contribution in [2.45, 2.75) is 19.5 Å². The lowest BCUT2D eigenvalue weighted by Gasteiger charge is -2.25. The maximum absolute atomic E-state index is 13.8. The molecule has 3 nitrogen and oxygen atoms in total. The van der Waals surface area contributed by atoms with Crippen molar-refractivity contribution in [1.29, 1.82) is 0 Å². The number of hydrogen-bond donors (Lipinski definition) is 0. The van der Waals surface area contributed by atoms with E-state index in [1.54, 1.807) is 31.4 Å². The minimum Gasteiger partial charge on any atom is -0.319 e. The van der Waals surface area contributed by atoms with Gasteiger partial charge in [-0.3, -0.25) is 9.69 Å². The van der Waals surface area contributed by atoms with Gasteiger partial charge in [-0.2, -0.15) is 0 Å². The Hall–Kier alpha value is -1.94. The number of aromatic nitrogens is 1. The van der Waals surface area contributed by atoms with Gasteiger partial charge in [0.1, 0.15) is 5.82 Å². The highest BCUT2D eigenvalue weighted by Crippen LogP contribution is 2.22. The molecule has 0 amide bonds. The molecule has 0 radical (unpaired) electrons. The number of halogens is 1. The van der Waals surface area contributed by atoms with Crippen molar-refractivity contribution in [2.75, 3.05) is 7.05 Å². The quantitative estimate of drug-likeness (QED) is 0.856. The summed E-state index contributed by atoms with van der Waals surface area (Å²) < 4.78 is 15.3. The van der Waals surface area contributed by atoms with Gasteiger partial charge in [-0.1, -0.05) is 18.2 Å². The second-order valence-corrected chi connectivity index (χ2v) is 5.10. The van der Waals surface area contributed by atoms with Gasteiger partial charge in [-0.15, -0.1) is 0 Å². The van der Waals surface area contributed by atoms with Crippen molar-refractivity contribution in [3.63, 3.8) is 0 Å². The Morgan fingerprint density at radius 3 is 2.65 bits per heavy atom. The summed E-state index contributed by atoms with van der Waals surface area (Å²) in [5, 5.41) is 0. The minimum absolute atomic E-state index is 0.0329. The molecular formula is C16H19FN2O. The number of hydrogen-bond acceptors (Lipinski definition) is 2. The van der Waals surface area contributed by atoms with Crippen LogP contribution in [0.3, 0.4) is 0 Å². The third-order valence-electron chi connectivity index (χ3n) is 3.62. The van der Waals surface area contributed by atoms with Crippen molar-refractivity contribution < 1.29 is 4.39 Å². The third kappa shape index (κ3) is 3.14. The van der Waals surface area contributed by atoms with Gasteiger partial charge in [-0.05, 0) is 31.7 Å². The Kier molecular flexibility index (Phi) is 4.35. The van der Waals surface area contributed by atoms with Crippen molar-refractivity contribution >= 4 is 0 Å². The zero-order valence-corrected chi connectivity index (χ0v) is 12.0. The topological polar surface area (TPSA) is 25.2 Å². The van der Waals surface area contributed by atoms with Crippen LogP contribution in [-0.4, -0.2) is 16.5 Å². The van der Waals surface area contributed by atoms with Crippen LogP contribution in [-0.2, 0) is 13.6 Å². The second-order valence-electron chi connectivity index (χ2n) is 5.10. The third-order valence-corrected chi connectivity index (χ3v) is 3.62. The molecule has 0 aliphatic carbocycles. The van der Waals surface area contributed by atoms with E-state index in [-0.39, 0.29) is 17.4 Å². The first-order valence-electron chi connectivity index (χ1n) is 6.59. The lowest BCUT2D eigenvalue weighted by Crippen LogP contribution is -2.24. The zero-order chi connectivity index (χ0) is 14.7. The van der Waals surface area contributed by atoms with E-state index >= 15 is 0 Å². The van der Waals surface area contributed by atoms with Gasteiger partial charge in [0.15, 0.2) is 0 Å². The molecule has 0 saturated heterocycles. The van der Waals surface area contributed by atoms with Crippen LogP contribution in [0, 0.1) is 5.82 Å². The molecule has 4 heteroatoms. The Bertz CT molecular complexity index is 651. The highest BCUT2D eigenvalue weighted by Gasteiger charge is 2.15. The van der Waals surface area contributed by atoms with E-state index in [1.165, 1.54) is 10.6 Å². The summed E-state index contributed by atoms with van der Waals surface area (Å²) in [5.74, 6) is -0.198. The fourth-order valence-electron chi connectivity index (χ4n) is 2.16. The largest absolute Gasteiger partial charge is 0.319 e. The van der Waals surface area contributed by atoms with Crippen LogP contribution in [0.2, 0.25) is 0 Å². The SMILES string of the molecule is C[C@H](c1ccccc1F)N(C)Cc1ccn(C)c(=O)c1. The van der Waals surface area contributed by atoms with Gasteiger partial charge in [0.25, 0.3) is 5.56 Å². The predicted octanol–water partition coefficient (Wildman–Crippen LogP) is 2.72. The van der Waals surface area contributed by atoms with Gasteiger partial charge < -0.3 is 4.57 Å². The maximum Gasteiger partial charge on any atom is 0.250 e. The summed E-state index contributed by atoms with van der Waals surface area (Å²) in [6.07, 6.45) is 1.75. The lowest BCUT2D eigenvalue weighted by molar-refractivity contribution is 0.247. The molecule has 1 aromatic heterocycles. The molecular weight excluding hydrogens is 255 g/mol. The van der Waals surface area contributed by atoms with Crippen LogP contribution < -0.4 is 5.56 Å². The molecule has 106 valence electrons. The van der Waals surface area contributed by atoms with Crippen molar-refractivity contribution in [2.24, 2.45) is 7.05 Å². The molecule has 1 atom stereocenters. The summed E-state index contributed by atoms with van der Waals surface area (Å²) in [5.41, 5.74) is 1.56. The molecule has 0 aliphatic heterocycles. The van der Waals surface area contributed by atoms with Crippen molar-refractivity contribution in [3.8, 4) is 0 Å². The van der Waals surface area contributed by atoms with Gasteiger partial charge in [0, 0.05) is 37.5 Å². The Labute approximate surface area is 118 Å². The van der Waals surface area contributed by atoms with Gasteiger partial charge in [0.2, 0.25) is 0 Å². The van der Waals surface area contributed by atoms with Crippen LogP contribution in [0.15, 0.2) is 47.4 Å². The van der Waals surface area contributed by atoms with Crippen LogP contribution in [0.5, 0.6) is 0 Å². The molecule has 2 aromatic rings. The maximum atomic E-state index is 13.8. The Morgan fingerprint density at radius 2 is 2.00 bits per heavy atom. The van der Waals surface area contributed by atoms with E-state index in [2.05, 4.69) is 0 Å². The van der Waals surface area contributed by atoms with Gasteiger partial charge in [0.05, 0.1) is 0 Å². The molecule has 1 heterocycles. The van der Waals surface area contributed by atoms with Crippen molar-refractivity contribution in [1.82, 2.24) is 9.47 Å². The first-order valence-corrected chi connectivity index (χ1v) is 6.59. The van der Waals surface area contributed by atoms with E-state index in [4.69, 9.17) is 0 Å². The highest BCUT2D eigenvalue weighted by atomic mass is 19.1. The molecule has 0 saturated carbocycles. The average Bonchev–Trinajstić information content (AvgIpc) is 2.42. The Morgan fingerprint density at radius 1 is 1.30 bits per heavy atom. The number of nitrogens with zero attached hydrogens (tertiary/aromatic N) is 2. The molecule has 0 aliphatic rings. The zero-order valence-electron chi connectivity index (χ0n) is 12.0. The molecule has 1 aromatic carbocycles. The standard InChI is InChI=1S/C16H19FN2O/c1-12(14-6-4-5-7-15(14)17)19(3)11-13-8-9-18(2)16(20)10-13/h4-10,12H,11H2,1-3H3/t12-/m1/s1. The number of rotatable bonds is 4. The summed E-state index contributed by atoms with van der Waals surface area (Å²) in [6, 6.07) is 10.3. The fraction of sp³-hybridized carbons (Fsp3) is 0.312. The van der Waals surface area contributed by atoms with Crippen LogP contribution in [0.25, 0.3) is 0 Å². The molecule has 20 heavy (non-hydrogen) atoms. The summed E-state index contributed by atoms with van der Waals surface area (Å²) in [7, 11) is 3.65. The monoisotopic (exact) mass is 274 g/mol. The molecule has 0 spiro atoms. The second kappa shape index (κ2) is 6.01. The number of benzene rings is 1. The Balaban J connectivity index is 2.15. The van der Waals surface area contributed by atoms with Crippen LogP contribution in [0.4, 0.5) is 4.39 Å². The van der Waals surface area contributed by atoms with E-state index < -0.39 is 0 Å².